The van der Waals surface area contributed by atoms with Crippen molar-refractivity contribution in [3.8, 4) is 5.75 Å². The first-order valence-corrected chi connectivity index (χ1v) is 5.84. The minimum atomic E-state index is 0.441. The number of benzene rings is 1. The third-order valence-electron chi connectivity index (χ3n) is 2.55. The molecule has 2 nitrogen and oxygen atoms in total. The zero-order valence-corrected chi connectivity index (χ0v) is 10.7. The van der Waals surface area contributed by atoms with Gasteiger partial charge in [-0.15, -0.1) is 0 Å². The van der Waals surface area contributed by atoms with Gasteiger partial charge in [0.1, 0.15) is 17.5 Å². The molecule has 0 atom stereocenters. The van der Waals surface area contributed by atoms with E-state index in [9.17, 15) is 0 Å². The van der Waals surface area contributed by atoms with E-state index in [1.54, 1.807) is 6.20 Å². The Labute approximate surface area is 106 Å². The van der Waals surface area contributed by atoms with Crippen molar-refractivity contribution in [3.63, 3.8) is 0 Å². The van der Waals surface area contributed by atoms with Crippen molar-refractivity contribution in [3.05, 3.63) is 58.4 Å². The van der Waals surface area contributed by atoms with E-state index in [1.807, 2.05) is 31.2 Å². The fourth-order valence-corrected chi connectivity index (χ4v) is 1.82. The van der Waals surface area contributed by atoms with Gasteiger partial charge in [-0.2, -0.15) is 0 Å². The van der Waals surface area contributed by atoms with Crippen molar-refractivity contribution >= 4 is 11.6 Å². The Morgan fingerprint density at radius 1 is 1.24 bits per heavy atom. The van der Waals surface area contributed by atoms with Crippen molar-refractivity contribution in [1.82, 2.24) is 4.98 Å². The zero-order chi connectivity index (χ0) is 12.3. The van der Waals surface area contributed by atoms with Gasteiger partial charge in [0.2, 0.25) is 0 Å². The average molecular weight is 248 g/mol. The lowest BCUT2D eigenvalue weighted by molar-refractivity contribution is 0.303. The number of ether oxygens (including phenoxy) is 1. The smallest absolute Gasteiger partial charge is 0.135 e. The molecule has 0 aliphatic carbocycles. The molecular weight excluding hydrogens is 234 g/mol. The Hall–Kier alpha value is -1.54. The Bertz CT molecular complexity index is 525. The largest absolute Gasteiger partial charge is 0.489 e. The summed E-state index contributed by atoms with van der Waals surface area (Å²) in [5, 5.41) is 0.497. The molecule has 0 fully saturated rings. The maximum absolute atomic E-state index is 5.96. The fraction of sp³-hybridized carbons (Fsp3) is 0.214. The van der Waals surface area contributed by atoms with Gasteiger partial charge in [0.15, 0.2) is 0 Å². The first kappa shape index (κ1) is 11.9. The Kier molecular flexibility index (Phi) is 3.64. The molecular formula is C14H14ClNO. The quantitative estimate of drug-likeness (QED) is 0.767. The van der Waals surface area contributed by atoms with Gasteiger partial charge in [-0.3, -0.25) is 0 Å². The van der Waals surface area contributed by atoms with Crippen LogP contribution >= 0.6 is 11.6 Å². The van der Waals surface area contributed by atoms with Crippen molar-refractivity contribution in [2.75, 3.05) is 0 Å². The summed E-state index contributed by atoms with van der Waals surface area (Å²) in [5.41, 5.74) is 3.26. The molecule has 0 aliphatic rings. The number of aryl methyl sites for hydroxylation is 2. The highest BCUT2D eigenvalue weighted by Gasteiger charge is 2.03. The molecule has 1 heterocycles. The molecule has 0 aliphatic heterocycles. The standard InChI is InChI=1S/C14H14ClNO/c1-10-5-6-13(11(2)8-10)17-9-12-4-3-7-16-14(12)15/h3-8H,9H2,1-2H3. The summed E-state index contributed by atoms with van der Waals surface area (Å²) in [7, 11) is 0. The minimum absolute atomic E-state index is 0.441. The van der Waals surface area contributed by atoms with Gasteiger partial charge in [-0.05, 0) is 31.5 Å². The van der Waals surface area contributed by atoms with Crippen LogP contribution in [0.4, 0.5) is 0 Å². The Morgan fingerprint density at radius 3 is 2.76 bits per heavy atom. The van der Waals surface area contributed by atoms with E-state index in [-0.39, 0.29) is 0 Å². The zero-order valence-electron chi connectivity index (χ0n) is 9.90. The van der Waals surface area contributed by atoms with Gasteiger partial charge in [0.05, 0.1) is 0 Å². The Balaban J connectivity index is 2.10. The van der Waals surface area contributed by atoms with Gasteiger partial charge < -0.3 is 4.74 Å². The summed E-state index contributed by atoms with van der Waals surface area (Å²) >= 11 is 5.96. The van der Waals surface area contributed by atoms with Gasteiger partial charge in [-0.25, -0.2) is 4.98 Å². The highest BCUT2D eigenvalue weighted by atomic mass is 35.5. The number of aromatic nitrogens is 1. The van der Waals surface area contributed by atoms with Crippen molar-refractivity contribution < 1.29 is 4.74 Å². The number of nitrogens with zero attached hydrogens (tertiary/aromatic N) is 1. The second-order valence-electron chi connectivity index (χ2n) is 4.01. The average Bonchev–Trinajstić information content (AvgIpc) is 2.30. The number of rotatable bonds is 3. The molecule has 0 saturated carbocycles. The highest BCUT2D eigenvalue weighted by molar-refractivity contribution is 6.30. The summed E-state index contributed by atoms with van der Waals surface area (Å²) in [6.45, 7) is 4.54. The minimum Gasteiger partial charge on any atom is -0.489 e. The van der Waals surface area contributed by atoms with E-state index >= 15 is 0 Å². The predicted octanol–water partition coefficient (Wildman–Crippen LogP) is 3.93. The van der Waals surface area contributed by atoms with Gasteiger partial charge in [-0.1, -0.05) is 35.4 Å². The van der Waals surface area contributed by atoms with Crippen LogP contribution in [0.5, 0.6) is 5.75 Å². The summed E-state index contributed by atoms with van der Waals surface area (Å²) in [6, 6.07) is 9.88. The normalized spacial score (nSPS) is 10.3. The molecule has 0 spiro atoms. The molecule has 2 rings (SSSR count). The van der Waals surface area contributed by atoms with E-state index in [4.69, 9.17) is 16.3 Å². The van der Waals surface area contributed by atoms with Crippen LogP contribution < -0.4 is 4.74 Å². The molecule has 0 saturated heterocycles. The molecule has 0 N–H and O–H groups in total. The first-order chi connectivity index (χ1) is 8.16. The molecule has 0 unspecified atom stereocenters. The van der Waals surface area contributed by atoms with Crippen molar-refractivity contribution in [2.45, 2.75) is 20.5 Å². The maximum atomic E-state index is 5.96. The van der Waals surface area contributed by atoms with E-state index in [0.29, 0.717) is 11.8 Å². The number of pyridine rings is 1. The van der Waals surface area contributed by atoms with E-state index in [1.165, 1.54) is 5.56 Å². The molecule has 0 radical (unpaired) electrons. The second-order valence-corrected chi connectivity index (χ2v) is 4.37. The van der Waals surface area contributed by atoms with E-state index in [2.05, 4.69) is 18.0 Å². The summed E-state index contributed by atoms with van der Waals surface area (Å²) in [5.74, 6) is 0.885. The second kappa shape index (κ2) is 5.19. The van der Waals surface area contributed by atoms with E-state index in [0.717, 1.165) is 16.9 Å². The fourth-order valence-electron chi connectivity index (χ4n) is 1.64. The van der Waals surface area contributed by atoms with Gasteiger partial charge >= 0.3 is 0 Å². The molecule has 88 valence electrons. The summed E-state index contributed by atoms with van der Waals surface area (Å²) in [4.78, 5) is 4.01. The van der Waals surface area contributed by atoms with Crippen LogP contribution in [0.2, 0.25) is 5.15 Å². The molecule has 1 aromatic carbocycles. The summed E-state index contributed by atoms with van der Waals surface area (Å²) < 4.78 is 5.73. The van der Waals surface area contributed by atoms with Crippen LogP contribution in [-0.2, 0) is 6.61 Å². The van der Waals surface area contributed by atoms with Crippen molar-refractivity contribution in [2.24, 2.45) is 0 Å². The molecule has 0 bridgehead atoms. The predicted molar refractivity (Wildman–Crippen MR) is 69.5 cm³/mol. The Morgan fingerprint density at radius 2 is 2.06 bits per heavy atom. The molecule has 3 heteroatoms. The third-order valence-corrected chi connectivity index (χ3v) is 2.89. The van der Waals surface area contributed by atoms with E-state index < -0.39 is 0 Å². The molecule has 1 aromatic heterocycles. The van der Waals surface area contributed by atoms with Crippen molar-refractivity contribution in [1.29, 1.82) is 0 Å². The van der Waals surface area contributed by atoms with Gasteiger partial charge in [0.25, 0.3) is 0 Å². The maximum Gasteiger partial charge on any atom is 0.135 e. The highest BCUT2D eigenvalue weighted by Crippen LogP contribution is 2.21. The first-order valence-electron chi connectivity index (χ1n) is 5.46. The van der Waals surface area contributed by atoms with Crippen LogP contribution in [0.15, 0.2) is 36.5 Å². The van der Waals surface area contributed by atoms with Crippen LogP contribution in [0, 0.1) is 13.8 Å². The lowest BCUT2D eigenvalue weighted by atomic mass is 10.1. The topological polar surface area (TPSA) is 22.1 Å². The molecule has 0 amide bonds. The van der Waals surface area contributed by atoms with Crippen LogP contribution in [0.1, 0.15) is 16.7 Å². The molecule has 17 heavy (non-hydrogen) atoms. The van der Waals surface area contributed by atoms with Gasteiger partial charge in [0, 0.05) is 11.8 Å². The lowest BCUT2D eigenvalue weighted by Gasteiger charge is -2.10. The van der Waals surface area contributed by atoms with Crippen LogP contribution in [-0.4, -0.2) is 4.98 Å². The molecule has 2 aromatic rings. The lowest BCUT2D eigenvalue weighted by Crippen LogP contribution is -1.98. The third kappa shape index (κ3) is 2.98. The number of hydrogen-bond acceptors (Lipinski definition) is 2. The number of hydrogen-bond donors (Lipinski definition) is 0. The monoisotopic (exact) mass is 247 g/mol. The number of halogens is 1. The van der Waals surface area contributed by atoms with Crippen LogP contribution in [0.25, 0.3) is 0 Å². The van der Waals surface area contributed by atoms with Crippen LogP contribution in [0.3, 0.4) is 0 Å². The summed E-state index contributed by atoms with van der Waals surface area (Å²) in [6.07, 6.45) is 1.67. The SMILES string of the molecule is Cc1ccc(OCc2cccnc2Cl)c(C)c1.